The Labute approximate surface area is 200 Å². The fourth-order valence-corrected chi connectivity index (χ4v) is 3.28. The van der Waals surface area contributed by atoms with Gasteiger partial charge in [-0.3, -0.25) is 4.79 Å². The van der Waals surface area contributed by atoms with Gasteiger partial charge in [-0.05, 0) is 44.5 Å². The molecule has 3 nitrogen and oxygen atoms in total. The lowest BCUT2D eigenvalue weighted by Crippen LogP contribution is -2.27. The number of halogens is 4. The van der Waals surface area contributed by atoms with Gasteiger partial charge in [0.1, 0.15) is 0 Å². The summed E-state index contributed by atoms with van der Waals surface area (Å²) in [5, 5.41) is 5.99. The number of nitrogens with one attached hydrogen (secondary N) is 2. The molecule has 2 aliphatic rings. The number of hydrogen-bond acceptors (Lipinski definition) is 3. The van der Waals surface area contributed by atoms with Gasteiger partial charge in [0.25, 0.3) is 0 Å². The number of alkyl halides is 3. The molecule has 0 bridgehead atoms. The van der Waals surface area contributed by atoms with E-state index < -0.39 is 16.8 Å². The lowest BCUT2D eigenvalue weighted by atomic mass is 9.83. The Morgan fingerprint density at radius 1 is 1.18 bits per heavy atom. The van der Waals surface area contributed by atoms with Crippen LogP contribution < -0.4 is 10.6 Å². The maximum atomic E-state index is 12.2. The van der Waals surface area contributed by atoms with Crippen LogP contribution >= 0.6 is 11.6 Å². The number of aldehydes is 1. The van der Waals surface area contributed by atoms with E-state index in [0.717, 1.165) is 37.6 Å². The molecular formula is C26H34ClF3N2O. The smallest absolute Gasteiger partial charge is 0.318 e. The van der Waals surface area contributed by atoms with Gasteiger partial charge in [-0.15, -0.1) is 0 Å². The van der Waals surface area contributed by atoms with Crippen molar-refractivity contribution in [1.29, 1.82) is 0 Å². The largest absolute Gasteiger partial charge is 0.417 e. The second-order valence-electron chi connectivity index (χ2n) is 7.98. The summed E-state index contributed by atoms with van der Waals surface area (Å²) < 4.78 is 36.5. The second-order valence-corrected chi connectivity index (χ2v) is 8.35. The van der Waals surface area contributed by atoms with Gasteiger partial charge in [-0.1, -0.05) is 80.0 Å². The molecule has 2 aliphatic carbocycles. The molecule has 0 aromatic heterocycles. The van der Waals surface area contributed by atoms with Crippen LogP contribution in [0.3, 0.4) is 0 Å². The maximum Gasteiger partial charge on any atom is 0.417 e. The number of likely N-dealkylation sites (N-methyl/N-ethyl adjacent to an activating group) is 1. The van der Waals surface area contributed by atoms with E-state index in [0.29, 0.717) is 5.92 Å². The van der Waals surface area contributed by atoms with Gasteiger partial charge in [0.2, 0.25) is 0 Å². The number of allylic oxidation sites excluding steroid dienone is 4. The Hall–Kier alpha value is -2.07. The van der Waals surface area contributed by atoms with Gasteiger partial charge in [0.05, 0.1) is 10.6 Å². The van der Waals surface area contributed by atoms with Crippen LogP contribution in [-0.2, 0) is 6.18 Å². The van der Waals surface area contributed by atoms with Crippen LogP contribution in [0.25, 0.3) is 0 Å². The molecule has 0 radical (unpaired) electrons. The third-order valence-electron chi connectivity index (χ3n) is 5.21. The minimum absolute atomic E-state index is 0.156. The predicted molar refractivity (Wildman–Crippen MR) is 130 cm³/mol. The Morgan fingerprint density at radius 3 is 2.55 bits per heavy atom. The average Bonchev–Trinajstić information content (AvgIpc) is 2.72. The van der Waals surface area contributed by atoms with E-state index in [1.54, 1.807) is 0 Å². The molecule has 33 heavy (non-hydrogen) atoms. The highest BCUT2D eigenvalue weighted by Gasteiger charge is 2.33. The van der Waals surface area contributed by atoms with Crippen molar-refractivity contribution in [2.24, 2.45) is 11.8 Å². The van der Waals surface area contributed by atoms with E-state index in [1.165, 1.54) is 38.3 Å². The number of rotatable bonds is 7. The Kier molecular flexibility index (Phi) is 14.5. The Balaban J connectivity index is 0.000000252. The zero-order chi connectivity index (χ0) is 24.5. The lowest BCUT2D eigenvalue weighted by molar-refractivity contribution is -0.137. The Morgan fingerprint density at radius 2 is 1.94 bits per heavy atom. The summed E-state index contributed by atoms with van der Waals surface area (Å²) in [6, 6.07) is 3.19. The first-order chi connectivity index (χ1) is 15.8. The molecule has 0 amide bonds. The summed E-state index contributed by atoms with van der Waals surface area (Å²) in [5.41, 5.74) is -1.14. The number of carbonyl (C=O) groups is 1. The standard InChI is InChI=1S/C9H20N2.C9H10.C8H4ClF3O/c1-10-7-8-11-6-5-9-3-2-4-9;1-9-7-5-3-2-4-6-8-9;9-7-5(4-13)2-1-3-6(7)8(10,11)12/h9-11H,2-8H2,1H3;2-5,9H,7H2,1H3;1-4H/b;4-2-,5-3-;/t;9-;/m.0./s1. The molecule has 7 heteroatoms. The zero-order valence-electron chi connectivity index (χ0n) is 19.4. The Bertz CT molecular complexity index is 821. The van der Waals surface area contributed by atoms with Crippen LogP contribution in [0.2, 0.25) is 5.02 Å². The average molecular weight is 483 g/mol. The van der Waals surface area contributed by atoms with E-state index in [-0.39, 0.29) is 11.8 Å². The molecule has 0 unspecified atom stereocenters. The van der Waals surface area contributed by atoms with Crippen molar-refractivity contribution >= 4 is 17.9 Å². The van der Waals surface area contributed by atoms with Crippen LogP contribution in [0.5, 0.6) is 0 Å². The number of carbonyl (C=O) groups excluding carboxylic acids is 1. The summed E-state index contributed by atoms with van der Waals surface area (Å²) in [5.74, 6) is 7.62. The van der Waals surface area contributed by atoms with Crippen molar-refractivity contribution < 1.29 is 18.0 Å². The molecule has 0 spiro atoms. The highest BCUT2D eigenvalue weighted by atomic mass is 35.5. The normalized spacial score (nSPS) is 19.0. The van der Waals surface area contributed by atoms with Crippen molar-refractivity contribution in [3.63, 3.8) is 0 Å². The van der Waals surface area contributed by atoms with Gasteiger partial charge in [0, 0.05) is 24.6 Å². The van der Waals surface area contributed by atoms with Gasteiger partial charge < -0.3 is 10.6 Å². The molecule has 0 aliphatic heterocycles. The molecular weight excluding hydrogens is 449 g/mol. The summed E-state index contributed by atoms with van der Waals surface area (Å²) in [4.78, 5) is 10.3. The third-order valence-corrected chi connectivity index (χ3v) is 5.63. The van der Waals surface area contributed by atoms with Gasteiger partial charge in [0.15, 0.2) is 6.29 Å². The minimum Gasteiger partial charge on any atom is -0.318 e. The maximum absolute atomic E-state index is 12.2. The number of benzene rings is 1. The summed E-state index contributed by atoms with van der Waals surface area (Å²) in [6.07, 6.45) is 10.7. The highest BCUT2D eigenvalue weighted by Crippen LogP contribution is 2.35. The highest BCUT2D eigenvalue weighted by molar-refractivity contribution is 6.33. The SMILES string of the molecule is CNCCNCCC1CCC1.C[C@@H]1C#C/C=C\C=C/C1.O=Cc1cccc(C(F)(F)F)c1Cl. The summed E-state index contributed by atoms with van der Waals surface area (Å²) in [7, 11) is 1.99. The van der Waals surface area contributed by atoms with E-state index >= 15 is 0 Å². The molecule has 1 aromatic rings. The molecule has 1 aromatic carbocycles. The fourth-order valence-electron chi connectivity index (χ4n) is 3.00. The summed E-state index contributed by atoms with van der Waals surface area (Å²) >= 11 is 5.34. The second kappa shape index (κ2) is 16.5. The third kappa shape index (κ3) is 12.7. The van der Waals surface area contributed by atoms with Gasteiger partial charge in [-0.25, -0.2) is 0 Å². The van der Waals surface area contributed by atoms with Crippen molar-refractivity contribution in [2.75, 3.05) is 26.7 Å². The van der Waals surface area contributed by atoms with E-state index in [1.807, 2.05) is 25.3 Å². The fraction of sp³-hybridized carbons (Fsp3) is 0.500. The van der Waals surface area contributed by atoms with Gasteiger partial charge in [-0.2, -0.15) is 13.2 Å². The summed E-state index contributed by atoms with van der Waals surface area (Å²) in [6.45, 7) is 5.55. The topological polar surface area (TPSA) is 41.1 Å². The van der Waals surface area contributed by atoms with Crippen LogP contribution in [0.15, 0.2) is 42.5 Å². The van der Waals surface area contributed by atoms with Crippen molar-refractivity contribution in [2.45, 2.75) is 45.2 Å². The quantitative estimate of drug-likeness (QED) is 0.272. The van der Waals surface area contributed by atoms with Crippen LogP contribution in [0, 0.1) is 23.7 Å². The molecule has 1 fully saturated rings. The predicted octanol–water partition coefficient (Wildman–Crippen LogP) is 6.30. The number of hydrogen-bond donors (Lipinski definition) is 2. The molecule has 2 N–H and O–H groups in total. The van der Waals surface area contributed by atoms with Crippen LogP contribution in [0.1, 0.15) is 54.9 Å². The van der Waals surface area contributed by atoms with E-state index in [9.17, 15) is 18.0 Å². The minimum atomic E-state index is -4.52. The molecule has 1 atom stereocenters. The van der Waals surface area contributed by atoms with E-state index in [4.69, 9.17) is 11.6 Å². The lowest BCUT2D eigenvalue weighted by Gasteiger charge is -2.25. The molecule has 1 saturated carbocycles. The first-order valence-electron chi connectivity index (χ1n) is 11.3. The zero-order valence-corrected chi connectivity index (χ0v) is 20.1. The van der Waals surface area contributed by atoms with E-state index in [2.05, 4.69) is 35.5 Å². The van der Waals surface area contributed by atoms with Crippen molar-refractivity contribution in [3.8, 4) is 11.8 Å². The van der Waals surface area contributed by atoms with Crippen LogP contribution in [0.4, 0.5) is 13.2 Å². The van der Waals surface area contributed by atoms with Crippen LogP contribution in [-0.4, -0.2) is 33.0 Å². The first kappa shape index (κ1) is 29.0. The van der Waals surface area contributed by atoms with Gasteiger partial charge >= 0.3 is 6.18 Å². The van der Waals surface area contributed by atoms with Crippen molar-refractivity contribution in [1.82, 2.24) is 10.6 Å². The molecule has 0 saturated heterocycles. The molecule has 3 rings (SSSR count). The molecule has 0 heterocycles. The van der Waals surface area contributed by atoms with Crippen molar-refractivity contribution in [3.05, 3.63) is 58.7 Å². The molecule has 182 valence electrons. The monoisotopic (exact) mass is 482 g/mol. The first-order valence-corrected chi connectivity index (χ1v) is 11.7.